The highest BCUT2D eigenvalue weighted by molar-refractivity contribution is 5.27. The predicted molar refractivity (Wildman–Crippen MR) is 75.2 cm³/mol. The van der Waals surface area contributed by atoms with Gasteiger partial charge in [-0.15, -0.1) is 0 Å². The molecule has 0 aromatic heterocycles. The lowest BCUT2D eigenvalue weighted by Gasteiger charge is -2.13. The summed E-state index contributed by atoms with van der Waals surface area (Å²) in [6.07, 6.45) is 2.35. The van der Waals surface area contributed by atoms with Crippen LogP contribution in [-0.2, 0) is 13.0 Å². The Kier molecular flexibility index (Phi) is 6.90. The maximum Gasteiger partial charge on any atom is 0.0208 e. The predicted octanol–water partition coefficient (Wildman–Crippen LogP) is 2.58. The molecule has 0 fully saturated rings. The Labute approximate surface area is 106 Å². The van der Waals surface area contributed by atoms with Crippen LogP contribution in [0.3, 0.4) is 0 Å². The summed E-state index contributed by atoms with van der Waals surface area (Å²) < 4.78 is 0. The van der Waals surface area contributed by atoms with Crippen LogP contribution < -0.4 is 10.6 Å². The molecule has 0 aliphatic carbocycles. The highest BCUT2D eigenvalue weighted by Crippen LogP contribution is 2.09. The molecule has 2 nitrogen and oxygen atoms in total. The van der Waals surface area contributed by atoms with Gasteiger partial charge in [-0.3, -0.25) is 0 Å². The van der Waals surface area contributed by atoms with E-state index in [-0.39, 0.29) is 0 Å². The number of hydrogen-bond donors (Lipinski definition) is 2. The van der Waals surface area contributed by atoms with Gasteiger partial charge in [-0.2, -0.15) is 0 Å². The van der Waals surface area contributed by atoms with Crippen molar-refractivity contribution in [2.75, 3.05) is 20.1 Å². The fourth-order valence-electron chi connectivity index (χ4n) is 1.83. The minimum atomic E-state index is 0.763. The number of benzene rings is 1. The summed E-state index contributed by atoms with van der Waals surface area (Å²) in [7, 11) is 2.00. The van der Waals surface area contributed by atoms with Crippen molar-refractivity contribution >= 4 is 0 Å². The van der Waals surface area contributed by atoms with Crippen molar-refractivity contribution in [1.29, 1.82) is 0 Å². The van der Waals surface area contributed by atoms with Crippen molar-refractivity contribution in [1.82, 2.24) is 10.6 Å². The number of hydrogen-bond acceptors (Lipinski definition) is 2. The summed E-state index contributed by atoms with van der Waals surface area (Å²) in [6.45, 7) is 7.68. The van der Waals surface area contributed by atoms with E-state index in [9.17, 15) is 0 Å². The Morgan fingerprint density at radius 1 is 1.18 bits per heavy atom. The van der Waals surface area contributed by atoms with Crippen molar-refractivity contribution in [3.05, 3.63) is 35.4 Å². The molecular formula is C15H26N2. The molecule has 1 aromatic rings. The summed E-state index contributed by atoms with van der Waals surface area (Å²) in [5.41, 5.74) is 2.89. The van der Waals surface area contributed by atoms with Gasteiger partial charge >= 0.3 is 0 Å². The van der Waals surface area contributed by atoms with Gasteiger partial charge in [-0.05, 0) is 43.6 Å². The van der Waals surface area contributed by atoms with Gasteiger partial charge < -0.3 is 10.6 Å². The number of rotatable bonds is 8. The van der Waals surface area contributed by atoms with Crippen LogP contribution in [0.25, 0.3) is 0 Å². The quantitative estimate of drug-likeness (QED) is 0.722. The molecule has 0 saturated heterocycles. The van der Waals surface area contributed by atoms with Crippen molar-refractivity contribution in [3.8, 4) is 0 Å². The van der Waals surface area contributed by atoms with E-state index in [0.29, 0.717) is 0 Å². The van der Waals surface area contributed by atoms with Crippen LogP contribution >= 0.6 is 0 Å². The maximum absolute atomic E-state index is 3.55. The maximum atomic E-state index is 3.55. The second-order valence-corrected chi connectivity index (χ2v) is 4.77. The third-order valence-electron chi connectivity index (χ3n) is 3.27. The van der Waals surface area contributed by atoms with E-state index >= 15 is 0 Å². The Morgan fingerprint density at radius 3 is 2.53 bits per heavy atom. The van der Waals surface area contributed by atoms with Gasteiger partial charge in [-0.1, -0.05) is 44.5 Å². The molecule has 0 heterocycles. The highest BCUT2D eigenvalue weighted by atomic mass is 14.9. The van der Waals surface area contributed by atoms with E-state index in [2.05, 4.69) is 48.7 Å². The highest BCUT2D eigenvalue weighted by Gasteiger charge is 2.02. The molecular weight excluding hydrogens is 208 g/mol. The second kappa shape index (κ2) is 8.26. The van der Waals surface area contributed by atoms with Gasteiger partial charge in [0.25, 0.3) is 0 Å². The van der Waals surface area contributed by atoms with Gasteiger partial charge in [0.2, 0.25) is 0 Å². The van der Waals surface area contributed by atoms with Gasteiger partial charge in [0.15, 0.2) is 0 Å². The topological polar surface area (TPSA) is 24.1 Å². The van der Waals surface area contributed by atoms with Crippen LogP contribution in [-0.4, -0.2) is 20.1 Å². The second-order valence-electron chi connectivity index (χ2n) is 4.77. The lowest BCUT2D eigenvalue weighted by Crippen LogP contribution is -2.21. The van der Waals surface area contributed by atoms with Crippen LogP contribution in [0.2, 0.25) is 0 Å². The van der Waals surface area contributed by atoms with E-state index in [0.717, 1.165) is 32.0 Å². The third kappa shape index (κ3) is 5.33. The number of nitrogens with one attached hydrogen (secondary N) is 2. The zero-order valence-corrected chi connectivity index (χ0v) is 11.4. The molecule has 2 N–H and O–H groups in total. The van der Waals surface area contributed by atoms with Crippen molar-refractivity contribution in [2.24, 2.45) is 5.92 Å². The van der Waals surface area contributed by atoms with Crippen LogP contribution in [0.1, 0.15) is 31.4 Å². The molecule has 0 amide bonds. The molecule has 0 bridgehead atoms. The van der Waals surface area contributed by atoms with Crippen LogP contribution in [0.15, 0.2) is 24.3 Å². The zero-order valence-electron chi connectivity index (χ0n) is 11.4. The van der Waals surface area contributed by atoms with Crippen molar-refractivity contribution < 1.29 is 0 Å². The monoisotopic (exact) mass is 234 g/mol. The summed E-state index contributed by atoms with van der Waals surface area (Å²) in [6, 6.07) is 8.72. The van der Waals surface area contributed by atoms with E-state index < -0.39 is 0 Å². The van der Waals surface area contributed by atoms with E-state index in [1.165, 1.54) is 17.5 Å². The van der Waals surface area contributed by atoms with Gasteiger partial charge in [0.05, 0.1) is 0 Å². The first-order valence-electron chi connectivity index (χ1n) is 6.70. The SMILES string of the molecule is CCC(C)CNCc1ccccc1CCNC. The summed E-state index contributed by atoms with van der Waals surface area (Å²) >= 11 is 0. The fraction of sp³-hybridized carbons (Fsp3) is 0.600. The molecule has 96 valence electrons. The molecule has 2 heteroatoms. The average Bonchev–Trinajstić information content (AvgIpc) is 2.37. The van der Waals surface area contributed by atoms with Crippen LogP contribution in [0.5, 0.6) is 0 Å². The first-order valence-corrected chi connectivity index (χ1v) is 6.70. The van der Waals surface area contributed by atoms with Crippen molar-refractivity contribution in [3.63, 3.8) is 0 Å². The molecule has 0 aliphatic rings. The first kappa shape index (κ1) is 14.2. The van der Waals surface area contributed by atoms with Crippen LogP contribution in [0, 0.1) is 5.92 Å². The van der Waals surface area contributed by atoms with Crippen molar-refractivity contribution in [2.45, 2.75) is 33.2 Å². The normalized spacial score (nSPS) is 12.6. The van der Waals surface area contributed by atoms with Gasteiger partial charge in [-0.25, -0.2) is 0 Å². The Balaban J connectivity index is 2.45. The molecule has 0 spiro atoms. The molecule has 0 aliphatic heterocycles. The minimum absolute atomic E-state index is 0.763. The molecule has 1 atom stereocenters. The van der Waals surface area contributed by atoms with Crippen LogP contribution in [0.4, 0.5) is 0 Å². The van der Waals surface area contributed by atoms with E-state index in [1.807, 2.05) is 7.05 Å². The Bertz CT molecular complexity index is 310. The molecule has 0 saturated carbocycles. The summed E-state index contributed by atoms with van der Waals surface area (Å²) in [5, 5.41) is 6.76. The molecule has 17 heavy (non-hydrogen) atoms. The Hall–Kier alpha value is -0.860. The zero-order chi connectivity index (χ0) is 12.5. The largest absolute Gasteiger partial charge is 0.319 e. The standard InChI is InChI=1S/C15H26N2/c1-4-13(2)11-17-12-15-8-6-5-7-14(15)9-10-16-3/h5-8,13,16-17H,4,9-12H2,1-3H3. The average molecular weight is 234 g/mol. The third-order valence-corrected chi connectivity index (χ3v) is 3.27. The van der Waals surface area contributed by atoms with E-state index in [1.54, 1.807) is 0 Å². The molecule has 0 radical (unpaired) electrons. The van der Waals surface area contributed by atoms with Gasteiger partial charge in [0, 0.05) is 6.54 Å². The fourth-order valence-corrected chi connectivity index (χ4v) is 1.83. The summed E-state index contributed by atoms with van der Waals surface area (Å²) in [4.78, 5) is 0. The van der Waals surface area contributed by atoms with Gasteiger partial charge in [0.1, 0.15) is 0 Å². The smallest absolute Gasteiger partial charge is 0.0208 e. The molecule has 1 aromatic carbocycles. The number of likely N-dealkylation sites (N-methyl/N-ethyl adjacent to an activating group) is 1. The molecule has 1 rings (SSSR count). The first-order chi connectivity index (χ1) is 8.27. The Morgan fingerprint density at radius 2 is 1.88 bits per heavy atom. The summed E-state index contributed by atoms with van der Waals surface area (Å²) in [5.74, 6) is 0.763. The molecule has 1 unspecified atom stereocenters. The van der Waals surface area contributed by atoms with E-state index in [4.69, 9.17) is 0 Å². The minimum Gasteiger partial charge on any atom is -0.319 e. The lowest BCUT2D eigenvalue weighted by molar-refractivity contribution is 0.499. The lowest BCUT2D eigenvalue weighted by atomic mass is 10.0.